The summed E-state index contributed by atoms with van der Waals surface area (Å²) in [5.74, 6) is -0.800. The van der Waals surface area contributed by atoms with E-state index in [1.807, 2.05) is 0 Å². The van der Waals surface area contributed by atoms with Crippen molar-refractivity contribution in [3.63, 3.8) is 0 Å². The van der Waals surface area contributed by atoms with Crippen molar-refractivity contribution in [1.82, 2.24) is 0 Å². The molecule has 10 heteroatoms. The van der Waals surface area contributed by atoms with Crippen LogP contribution in [0.4, 0.5) is 5.69 Å². The van der Waals surface area contributed by atoms with Gasteiger partial charge >= 0.3 is 0 Å². The lowest BCUT2D eigenvalue weighted by atomic mass is 10.2. The smallest absolute Gasteiger partial charge is 0.297 e. The van der Waals surface area contributed by atoms with Crippen molar-refractivity contribution in [3.05, 3.63) is 53.1 Å². The Morgan fingerprint density at radius 2 is 1.70 bits per heavy atom. The van der Waals surface area contributed by atoms with Crippen LogP contribution in [0.25, 0.3) is 0 Å². The van der Waals surface area contributed by atoms with Crippen LogP contribution in [0, 0.1) is 6.92 Å². The number of hydrogen-bond donors (Lipinski definition) is 1. The molecule has 0 aromatic heterocycles. The molecule has 0 spiro atoms. The predicted molar refractivity (Wildman–Crippen MR) is 102 cm³/mol. The number of amides is 1. The standard InChI is InChI=1S/C17H18ClNO6S2/c1-12-16(18)4-3-5-17(12)27(23,24)25-10-11-26(21,22)15-8-6-14(7-9-15)19-13(2)20/h3-9H,10-11H2,1-2H3,(H,19,20). The normalized spacial score (nSPS) is 12.0. The first kappa shape index (κ1) is 21.4. The molecule has 0 atom stereocenters. The zero-order chi connectivity index (χ0) is 20.2. The van der Waals surface area contributed by atoms with E-state index in [-0.39, 0.29) is 20.7 Å². The molecule has 27 heavy (non-hydrogen) atoms. The lowest BCUT2D eigenvalue weighted by Crippen LogP contribution is -2.17. The van der Waals surface area contributed by atoms with Crippen LogP contribution in [0.5, 0.6) is 0 Å². The van der Waals surface area contributed by atoms with Crippen LogP contribution < -0.4 is 5.32 Å². The summed E-state index contributed by atoms with van der Waals surface area (Å²) in [4.78, 5) is 10.9. The van der Waals surface area contributed by atoms with E-state index in [1.165, 1.54) is 50.2 Å². The summed E-state index contributed by atoms with van der Waals surface area (Å²) < 4.78 is 54.0. The molecule has 0 saturated carbocycles. The van der Waals surface area contributed by atoms with Crippen LogP contribution in [0.3, 0.4) is 0 Å². The molecule has 0 aliphatic heterocycles. The number of rotatable bonds is 7. The van der Waals surface area contributed by atoms with Gasteiger partial charge < -0.3 is 5.32 Å². The molecule has 0 aliphatic carbocycles. The second kappa shape index (κ2) is 8.39. The van der Waals surface area contributed by atoms with Gasteiger partial charge in [0, 0.05) is 17.6 Å². The Balaban J connectivity index is 2.07. The fourth-order valence-corrected chi connectivity index (χ4v) is 4.83. The molecular weight excluding hydrogens is 414 g/mol. The minimum Gasteiger partial charge on any atom is -0.326 e. The summed E-state index contributed by atoms with van der Waals surface area (Å²) in [7, 11) is -7.89. The fraction of sp³-hybridized carbons (Fsp3) is 0.235. The van der Waals surface area contributed by atoms with E-state index in [1.54, 1.807) is 6.07 Å². The van der Waals surface area contributed by atoms with Crippen LogP contribution in [-0.4, -0.2) is 35.1 Å². The van der Waals surface area contributed by atoms with Crippen molar-refractivity contribution in [2.24, 2.45) is 0 Å². The Labute approximate surface area is 163 Å². The van der Waals surface area contributed by atoms with E-state index < -0.39 is 32.3 Å². The first-order valence-electron chi connectivity index (χ1n) is 7.78. The summed E-state index contributed by atoms with van der Waals surface area (Å²) in [6.07, 6.45) is 0. The molecule has 0 heterocycles. The van der Waals surface area contributed by atoms with Crippen molar-refractivity contribution in [1.29, 1.82) is 0 Å². The zero-order valence-corrected chi connectivity index (χ0v) is 17.0. The maximum absolute atomic E-state index is 12.3. The third-order valence-corrected chi connectivity index (χ3v) is 7.17. The highest BCUT2D eigenvalue weighted by atomic mass is 35.5. The maximum atomic E-state index is 12.3. The van der Waals surface area contributed by atoms with Crippen LogP contribution in [0.2, 0.25) is 5.02 Å². The second-order valence-electron chi connectivity index (χ2n) is 5.66. The van der Waals surface area contributed by atoms with E-state index in [0.717, 1.165) is 0 Å². The largest absolute Gasteiger partial charge is 0.326 e. The number of carbonyl (C=O) groups is 1. The number of anilines is 1. The van der Waals surface area contributed by atoms with Gasteiger partial charge in [0.15, 0.2) is 9.84 Å². The van der Waals surface area contributed by atoms with E-state index in [4.69, 9.17) is 15.8 Å². The van der Waals surface area contributed by atoms with Crippen molar-refractivity contribution < 1.29 is 25.8 Å². The quantitative estimate of drug-likeness (QED) is 0.675. The highest BCUT2D eigenvalue weighted by Gasteiger charge is 2.21. The van der Waals surface area contributed by atoms with Gasteiger partial charge in [0.25, 0.3) is 10.1 Å². The first-order valence-corrected chi connectivity index (χ1v) is 11.2. The average molecular weight is 432 g/mol. The summed E-state index contributed by atoms with van der Waals surface area (Å²) in [6.45, 7) is 2.33. The Bertz CT molecular complexity index is 1050. The average Bonchev–Trinajstić information content (AvgIpc) is 2.56. The first-order chi connectivity index (χ1) is 12.5. The van der Waals surface area contributed by atoms with E-state index in [2.05, 4.69) is 5.32 Å². The second-order valence-corrected chi connectivity index (χ2v) is 9.76. The maximum Gasteiger partial charge on any atom is 0.297 e. The van der Waals surface area contributed by atoms with Gasteiger partial charge in [-0.2, -0.15) is 8.42 Å². The van der Waals surface area contributed by atoms with Crippen LogP contribution in [0.15, 0.2) is 52.3 Å². The minimum atomic E-state index is -4.13. The minimum absolute atomic E-state index is 0.00321. The van der Waals surface area contributed by atoms with Crippen molar-refractivity contribution >= 4 is 43.2 Å². The van der Waals surface area contributed by atoms with Gasteiger partial charge in [0.05, 0.1) is 22.2 Å². The highest BCUT2D eigenvalue weighted by Crippen LogP contribution is 2.24. The number of halogens is 1. The third kappa shape index (κ3) is 5.52. The van der Waals surface area contributed by atoms with Gasteiger partial charge in [-0.15, -0.1) is 0 Å². The number of benzene rings is 2. The molecule has 7 nitrogen and oxygen atoms in total. The molecule has 2 aromatic carbocycles. The molecule has 0 fully saturated rings. The monoisotopic (exact) mass is 431 g/mol. The third-order valence-electron chi connectivity index (χ3n) is 3.61. The van der Waals surface area contributed by atoms with E-state index in [0.29, 0.717) is 11.3 Å². The van der Waals surface area contributed by atoms with Crippen LogP contribution >= 0.6 is 11.6 Å². The van der Waals surface area contributed by atoms with Gasteiger partial charge in [0.1, 0.15) is 0 Å². The summed E-state index contributed by atoms with van der Waals surface area (Å²) in [5.41, 5.74) is 0.785. The van der Waals surface area contributed by atoms with E-state index >= 15 is 0 Å². The molecule has 0 unspecified atom stereocenters. The topological polar surface area (TPSA) is 107 Å². The Kier molecular flexibility index (Phi) is 6.63. The van der Waals surface area contributed by atoms with Gasteiger partial charge in [-0.25, -0.2) is 8.42 Å². The Hall–Kier alpha value is -1.94. The molecule has 1 N–H and O–H groups in total. The summed E-state index contributed by atoms with van der Waals surface area (Å²) in [6, 6.07) is 9.91. The molecule has 146 valence electrons. The number of carbonyl (C=O) groups excluding carboxylic acids is 1. The molecule has 2 aromatic rings. The van der Waals surface area contributed by atoms with Crippen LogP contribution in [0.1, 0.15) is 12.5 Å². The lowest BCUT2D eigenvalue weighted by molar-refractivity contribution is -0.114. The Morgan fingerprint density at radius 3 is 2.30 bits per heavy atom. The lowest BCUT2D eigenvalue weighted by Gasteiger charge is -2.10. The molecule has 0 aliphatic rings. The van der Waals surface area contributed by atoms with E-state index in [9.17, 15) is 21.6 Å². The molecule has 1 amide bonds. The van der Waals surface area contributed by atoms with Gasteiger partial charge in [-0.3, -0.25) is 8.98 Å². The highest BCUT2D eigenvalue weighted by molar-refractivity contribution is 7.91. The molecular formula is C17H18ClNO6S2. The Morgan fingerprint density at radius 1 is 1.07 bits per heavy atom. The number of hydrogen-bond acceptors (Lipinski definition) is 6. The SMILES string of the molecule is CC(=O)Nc1ccc(S(=O)(=O)CCOS(=O)(=O)c2cccc(Cl)c2C)cc1. The van der Waals surface area contributed by atoms with Crippen molar-refractivity contribution in [3.8, 4) is 0 Å². The van der Waals surface area contributed by atoms with Crippen LogP contribution in [-0.2, 0) is 28.9 Å². The molecule has 0 saturated heterocycles. The van der Waals surface area contributed by atoms with Crippen molar-refractivity contribution in [2.75, 3.05) is 17.7 Å². The van der Waals surface area contributed by atoms with Gasteiger partial charge in [0.2, 0.25) is 5.91 Å². The summed E-state index contributed by atoms with van der Waals surface area (Å²) >= 11 is 5.91. The molecule has 2 rings (SSSR count). The van der Waals surface area contributed by atoms with Crippen molar-refractivity contribution in [2.45, 2.75) is 23.6 Å². The predicted octanol–water partition coefficient (Wildman–Crippen LogP) is 2.79. The zero-order valence-electron chi connectivity index (χ0n) is 14.6. The molecule has 0 bridgehead atoms. The summed E-state index contributed by atoms with van der Waals surface area (Å²) in [5, 5.41) is 2.80. The fourth-order valence-electron chi connectivity index (χ4n) is 2.24. The van der Waals surface area contributed by atoms with Gasteiger partial charge in [-0.05, 0) is 48.9 Å². The molecule has 0 radical (unpaired) electrons. The van der Waals surface area contributed by atoms with Gasteiger partial charge in [-0.1, -0.05) is 17.7 Å². The number of nitrogens with one attached hydrogen (secondary N) is 1. The number of sulfone groups is 1.